The molecule has 1 saturated heterocycles. The molecule has 2 aromatic heterocycles. The Balaban J connectivity index is 1.28. The van der Waals surface area contributed by atoms with E-state index in [4.69, 9.17) is 24.4 Å². The molecule has 0 spiro atoms. The second-order valence-corrected chi connectivity index (χ2v) is 9.38. The highest BCUT2D eigenvalue weighted by Crippen LogP contribution is 2.30. The summed E-state index contributed by atoms with van der Waals surface area (Å²) in [6.45, 7) is 2.52. The second kappa shape index (κ2) is 9.14. The predicted octanol–water partition coefficient (Wildman–Crippen LogP) is 3.68. The van der Waals surface area contributed by atoms with Crippen LogP contribution in [-0.4, -0.2) is 52.9 Å². The van der Waals surface area contributed by atoms with E-state index in [-0.39, 0.29) is 5.92 Å². The SMILES string of the molecule is [B]c1cnn2c(NCC3CCN(C(=O)C4CCCC4)CC3)cc(-c3ccccc3Cl)nc12. The zero-order valence-corrected chi connectivity index (χ0v) is 18.9. The van der Waals surface area contributed by atoms with Gasteiger partial charge in [0.25, 0.3) is 0 Å². The Kier molecular flexibility index (Phi) is 6.09. The van der Waals surface area contributed by atoms with Gasteiger partial charge in [-0.1, -0.05) is 42.6 Å². The number of hydrogen-bond acceptors (Lipinski definition) is 4. The fourth-order valence-corrected chi connectivity index (χ4v) is 5.18. The summed E-state index contributed by atoms with van der Waals surface area (Å²) >= 11 is 6.41. The van der Waals surface area contributed by atoms with Crippen molar-refractivity contribution >= 4 is 42.3 Å². The number of rotatable bonds is 5. The maximum atomic E-state index is 12.7. The van der Waals surface area contributed by atoms with E-state index in [9.17, 15) is 4.79 Å². The number of nitrogens with one attached hydrogen (secondary N) is 1. The third-order valence-corrected chi connectivity index (χ3v) is 7.18. The standard InChI is InChI=1S/C24H27BClN5O/c25-19-15-28-31-22(13-21(29-23(19)31)18-7-3-4-8-20(18)26)27-14-16-9-11-30(12-10-16)24(32)17-5-1-2-6-17/h3-4,7-8,13,15-17,27H,1-2,5-6,9-12,14H2. The zero-order valence-electron chi connectivity index (χ0n) is 18.1. The minimum absolute atomic E-state index is 0.267. The maximum Gasteiger partial charge on any atom is 0.225 e. The van der Waals surface area contributed by atoms with Crippen LogP contribution in [0.25, 0.3) is 16.9 Å². The van der Waals surface area contributed by atoms with Gasteiger partial charge in [-0.2, -0.15) is 9.61 Å². The number of aromatic nitrogens is 3. The van der Waals surface area contributed by atoms with E-state index >= 15 is 0 Å². The molecule has 3 heterocycles. The summed E-state index contributed by atoms with van der Waals surface area (Å²) in [5, 5.41) is 8.60. The Morgan fingerprint density at radius 1 is 1.16 bits per heavy atom. The van der Waals surface area contributed by atoms with Crippen LogP contribution in [0.2, 0.25) is 5.02 Å². The number of carbonyl (C=O) groups excluding carboxylic acids is 1. The van der Waals surface area contributed by atoms with Crippen molar-refractivity contribution < 1.29 is 4.79 Å². The van der Waals surface area contributed by atoms with Gasteiger partial charge in [0.05, 0.1) is 5.69 Å². The third kappa shape index (κ3) is 4.23. The smallest absolute Gasteiger partial charge is 0.225 e. The van der Waals surface area contributed by atoms with Gasteiger partial charge < -0.3 is 10.2 Å². The summed E-state index contributed by atoms with van der Waals surface area (Å²) in [6.07, 6.45) is 8.18. The van der Waals surface area contributed by atoms with Gasteiger partial charge in [0.15, 0.2) is 5.65 Å². The van der Waals surface area contributed by atoms with Gasteiger partial charge in [-0.3, -0.25) is 4.79 Å². The summed E-state index contributed by atoms with van der Waals surface area (Å²) in [7, 11) is 6.12. The van der Waals surface area contributed by atoms with E-state index in [1.165, 1.54) is 12.8 Å². The monoisotopic (exact) mass is 447 g/mol. The minimum Gasteiger partial charge on any atom is -0.370 e. The van der Waals surface area contributed by atoms with Crippen LogP contribution in [0.4, 0.5) is 5.82 Å². The molecule has 1 amide bonds. The molecule has 2 fully saturated rings. The van der Waals surface area contributed by atoms with Crippen LogP contribution >= 0.6 is 11.6 Å². The number of amides is 1. The molecule has 0 unspecified atom stereocenters. The fraction of sp³-hybridized carbons (Fsp3) is 0.458. The highest BCUT2D eigenvalue weighted by atomic mass is 35.5. The van der Waals surface area contributed by atoms with E-state index < -0.39 is 0 Å². The quantitative estimate of drug-likeness (QED) is 0.606. The molecule has 0 atom stereocenters. The molecule has 32 heavy (non-hydrogen) atoms. The molecule has 6 nitrogen and oxygen atoms in total. The van der Waals surface area contributed by atoms with E-state index in [1.54, 1.807) is 10.7 Å². The molecule has 0 bridgehead atoms. The number of halogens is 1. The number of likely N-dealkylation sites (tertiary alicyclic amines) is 1. The summed E-state index contributed by atoms with van der Waals surface area (Å²) in [5.74, 6) is 1.98. The van der Waals surface area contributed by atoms with E-state index in [0.717, 1.165) is 62.4 Å². The molecule has 164 valence electrons. The molecule has 8 heteroatoms. The summed E-state index contributed by atoms with van der Waals surface area (Å²) < 4.78 is 1.74. The second-order valence-electron chi connectivity index (χ2n) is 8.97. The molecule has 2 aliphatic rings. The molecule has 5 rings (SSSR count). The van der Waals surface area contributed by atoms with Gasteiger partial charge in [0, 0.05) is 48.4 Å². The Labute approximate surface area is 194 Å². The number of carbonyl (C=O) groups is 1. The lowest BCUT2D eigenvalue weighted by Crippen LogP contribution is -2.42. The number of fused-ring (bicyclic) bond motifs is 1. The lowest BCUT2D eigenvalue weighted by atomic mass is 9.95. The Bertz CT molecular complexity index is 1120. The maximum absolute atomic E-state index is 12.7. The van der Waals surface area contributed by atoms with Crippen LogP contribution < -0.4 is 10.8 Å². The van der Waals surface area contributed by atoms with Gasteiger partial charge in [-0.25, -0.2) is 4.98 Å². The van der Waals surface area contributed by atoms with Crippen molar-refractivity contribution in [2.75, 3.05) is 25.0 Å². The van der Waals surface area contributed by atoms with Gasteiger partial charge in [0.2, 0.25) is 5.91 Å². The van der Waals surface area contributed by atoms with Crippen LogP contribution in [0.5, 0.6) is 0 Å². The number of nitrogens with zero attached hydrogens (tertiary/aromatic N) is 4. The van der Waals surface area contributed by atoms with Crippen LogP contribution in [-0.2, 0) is 4.79 Å². The number of anilines is 1. The van der Waals surface area contributed by atoms with E-state index in [0.29, 0.717) is 28.0 Å². The fourth-order valence-electron chi connectivity index (χ4n) is 4.95. The molecule has 1 aliphatic carbocycles. The number of hydrogen-bond donors (Lipinski definition) is 1. The molecule has 3 aromatic rings. The van der Waals surface area contributed by atoms with Crippen molar-refractivity contribution in [2.45, 2.75) is 38.5 Å². The molecule has 2 radical (unpaired) electrons. The van der Waals surface area contributed by atoms with Crippen LogP contribution in [0.3, 0.4) is 0 Å². The highest BCUT2D eigenvalue weighted by molar-refractivity contribution is 6.36. The van der Waals surface area contributed by atoms with Crippen molar-refractivity contribution in [3.05, 3.63) is 41.6 Å². The van der Waals surface area contributed by atoms with Gasteiger partial charge in [-0.05, 0) is 43.1 Å². The zero-order chi connectivity index (χ0) is 22.1. The van der Waals surface area contributed by atoms with Gasteiger partial charge in [0.1, 0.15) is 13.7 Å². The van der Waals surface area contributed by atoms with Crippen molar-refractivity contribution in [3.8, 4) is 11.3 Å². The van der Waals surface area contributed by atoms with Crippen molar-refractivity contribution in [1.82, 2.24) is 19.5 Å². The van der Waals surface area contributed by atoms with Gasteiger partial charge >= 0.3 is 0 Å². The van der Waals surface area contributed by atoms with Gasteiger partial charge in [-0.15, -0.1) is 0 Å². The lowest BCUT2D eigenvalue weighted by molar-refractivity contribution is -0.136. The average Bonchev–Trinajstić information content (AvgIpc) is 3.48. The first-order valence-corrected chi connectivity index (χ1v) is 11.9. The Morgan fingerprint density at radius 2 is 1.91 bits per heavy atom. The van der Waals surface area contributed by atoms with E-state index in [1.807, 2.05) is 30.3 Å². The van der Waals surface area contributed by atoms with Crippen molar-refractivity contribution in [3.63, 3.8) is 0 Å². The first-order valence-electron chi connectivity index (χ1n) is 11.5. The molecule has 1 aromatic carbocycles. The van der Waals surface area contributed by atoms with Crippen molar-refractivity contribution in [1.29, 1.82) is 0 Å². The first-order chi connectivity index (χ1) is 15.6. The Hall–Kier alpha value is -2.54. The molecular weight excluding hydrogens is 421 g/mol. The molecular formula is C24H27BClN5O. The summed E-state index contributed by atoms with van der Waals surface area (Å²) in [6, 6.07) is 9.63. The first kappa shape index (κ1) is 21.3. The minimum atomic E-state index is 0.267. The topological polar surface area (TPSA) is 62.5 Å². The molecule has 1 N–H and O–H groups in total. The lowest BCUT2D eigenvalue weighted by Gasteiger charge is -2.33. The van der Waals surface area contributed by atoms with Crippen molar-refractivity contribution in [2.24, 2.45) is 11.8 Å². The summed E-state index contributed by atoms with van der Waals surface area (Å²) in [5.41, 5.74) is 2.76. The highest BCUT2D eigenvalue weighted by Gasteiger charge is 2.30. The van der Waals surface area contributed by atoms with E-state index in [2.05, 4.69) is 15.3 Å². The normalized spacial score (nSPS) is 17.8. The average molecular weight is 448 g/mol. The number of benzene rings is 1. The molecule has 1 saturated carbocycles. The Morgan fingerprint density at radius 3 is 2.66 bits per heavy atom. The van der Waals surface area contributed by atoms with Crippen LogP contribution in [0.1, 0.15) is 38.5 Å². The largest absolute Gasteiger partial charge is 0.370 e. The predicted molar refractivity (Wildman–Crippen MR) is 129 cm³/mol. The van der Waals surface area contributed by atoms with Crippen LogP contribution in [0.15, 0.2) is 36.5 Å². The third-order valence-electron chi connectivity index (χ3n) is 6.85. The number of piperidine rings is 1. The summed E-state index contributed by atoms with van der Waals surface area (Å²) in [4.78, 5) is 19.5. The van der Waals surface area contributed by atoms with Crippen LogP contribution in [0, 0.1) is 11.8 Å². The molecule has 1 aliphatic heterocycles.